The first-order valence-corrected chi connectivity index (χ1v) is 12.9. The van der Waals surface area contributed by atoms with Crippen molar-refractivity contribution in [2.24, 2.45) is 5.92 Å². The Morgan fingerprint density at radius 1 is 0.800 bits per heavy atom. The molecule has 2 fully saturated rings. The van der Waals surface area contributed by atoms with Gasteiger partial charge in [-0.1, -0.05) is 66.7 Å². The van der Waals surface area contributed by atoms with Crippen molar-refractivity contribution in [3.05, 3.63) is 108 Å². The summed E-state index contributed by atoms with van der Waals surface area (Å²) in [5.41, 5.74) is 4.66. The molecular formula is C31H33N3O. The predicted molar refractivity (Wildman–Crippen MR) is 142 cm³/mol. The van der Waals surface area contributed by atoms with Crippen LogP contribution in [0.4, 0.5) is 0 Å². The van der Waals surface area contributed by atoms with Crippen LogP contribution in [0, 0.1) is 5.92 Å². The van der Waals surface area contributed by atoms with Crippen LogP contribution in [-0.2, 0) is 0 Å². The van der Waals surface area contributed by atoms with Gasteiger partial charge in [0.25, 0.3) is 5.91 Å². The van der Waals surface area contributed by atoms with Gasteiger partial charge in [0.05, 0.1) is 0 Å². The number of nitrogens with zero attached hydrogens (tertiary/aromatic N) is 2. The van der Waals surface area contributed by atoms with Gasteiger partial charge in [-0.15, -0.1) is 0 Å². The highest BCUT2D eigenvalue weighted by Crippen LogP contribution is 2.36. The number of rotatable bonds is 5. The topological polar surface area (TPSA) is 39.3 Å². The van der Waals surface area contributed by atoms with E-state index >= 15 is 0 Å². The third kappa shape index (κ3) is 4.51. The molecule has 2 aliphatic rings. The number of hydrogen-bond acceptors (Lipinski definition) is 2. The van der Waals surface area contributed by atoms with Crippen molar-refractivity contribution in [1.29, 1.82) is 0 Å². The lowest BCUT2D eigenvalue weighted by molar-refractivity contribution is 0.0783. The monoisotopic (exact) mass is 463 g/mol. The van der Waals surface area contributed by atoms with Gasteiger partial charge < -0.3 is 14.8 Å². The van der Waals surface area contributed by atoms with E-state index < -0.39 is 0 Å². The minimum atomic E-state index is 0.154. The first-order valence-electron chi connectivity index (χ1n) is 12.9. The number of carbonyl (C=O) groups is 1. The number of likely N-dealkylation sites (tertiary alicyclic amines) is 2. The fraction of sp³-hybridized carbons (Fsp3) is 0.323. The van der Waals surface area contributed by atoms with Gasteiger partial charge in [0, 0.05) is 48.2 Å². The van der Waals surface area contributed by atoms with E-state index in [1.165, 1.54) is 24.0 Å². The molecule has 0 aliphatic carbocycles. The van der Waals surface area contributed by atoms with Gasteiger partial charge in [0.2, 0.25) is 0 Å². The number of hydrogen-bond donors (Lipinski definition) is 1. The van der Waals surface area contributed by atoms with Crippen LogP contribution in [0.3, 0.4) is 0 Å². The van der Waals surface area contributed by atoms with E-state index in [9.17, 15) is 4.79 Å². The zero-order valence-electron chi connectivity index (χ0n) is 20.1. The molecule has 0 saturated carbocycles. The van der Waals surface area contributed by atoms with Crippen LogP contribution in [-0.4, -0.2) is 53.4 Å². The maximum atomic E-state index is 13.7. The summed E-state index contributed by atoms with van der Waals surface area (Å²) in [6, 6.07) is 29.8. The quantitative estimate of drug-likeness (QED) is 0.400. The smallest absolute Gasteiger partial charge is 0.254 e. The SMILES string of the molecule is O=C(c1cccc2[nH]ccc12)N1C[C@H](CN2CCC(c3ccccc3)CC2)[C@@H](c2ccccc2)C1. The Kier molecular flexibility index (Phi) is 6.13. The van der Waals surface area contributed by atoms with Gasteiger partial charge in [-0.3, -0.25) is 4.79 Å². The number of piperidine rings is 1. The maximum Gasteiger partial charge on any atom is 0.254 e. The standard InChI is InChI=1S/C31H33N3O/c35-31(28-12-7-13-30-27(28)14-17-32-30)34-21-26(29(22-34)25-10-5-2-6-11-25)20-33-18-15-24(16-19-33)23-8-3-1-4-9-23/h1-14,17,24,26,29,32H,15-16,18-22H2/t26-,29+/m0/s1. The summed E-state index contributed by atoms with van der Waals surface area (Å²) in [6.07, 6.45) is 4.34. The Morgan fingerprint density at radius 3 is 2.26 bits per heavy atom. The first-order chi connectivity index (χ1) is 17.3. The summed E-state index contributed by atoms with van der Waals surface area (Å²) in [7, 11) is 0. The average molecular weight is 464 g/mol. The van der Waals surface area contributed by atoms with Crippen molar-refractivity contribution in [2.75, 3.05) is 32.7 Å². The number of amides is 1. The molecule has 0 spiro atoms. The summed E-state index contributed by atoms with van der Waals surface area (Å²) < 4.78 is 0. The molecule has 3 aromatic carbocycles. The fourth-order valence-corrected chi connectivity index (χ4v) is 6.25. The van der Waals surface area contributed by atoms with Crippen molar-refractivity contribution in [1.82, 2.24) is 14.8 Å². The maximum absolute atomic E-state index is 13.7. The van der Waals surface area contributed by atoms with Crippen molar-refractivity contribution >= 4 is 16.8 Å². The molecular weight excluding hydrogens is 430 g/mol. The Bertz CT molecular complexity index is 1270. The molecule has 6 rings (SSSR count). The van der Waals surface area contributed by atoms with Crippen molar-refractivity contribution in [2.45, 2.75) is 24.7 Å². The molecule has 35 heavy (non-hydrogen) atoms. The molecule has 1 amide bonds. The molecule has 0 radical (unpaired) electrons. The summed E-state index contributed by atoms with van der Waals surface area (Å²) in [4.78, 5) is 21.7. The summed E-state index contributed by atoms with van der Waals surface area (Å²) in [5.74, 6) is 1.64. The van der Waals surface area contributed by atoms with Crippen LogP contribution >= 0.6 is 0 Å². The highest BCUT2D eigenvalue weighted by Gasteiger charge is 2.38. The van der Waals surface area contributed by atoms with Crippen LogP contribution in [0.25, 0.3) is 10.9 Å². The van der Waals surface area contributed by atoms with E-state index in [-0.39, 0.29) is 5.91 Å². The van der Waals surface area contributed by atoms with Gasteiger partial charge in [-0.25, -0.2) is 0 Å². The first kappa shape index (κ1) is 22.1. The molecule has 0 unspecified atom stereocenters. The van der Waals surface area contributed by atoms with E-state index in [2.05, 4.69) is 75.4 Å². The number of fused-ring (bicyclic) bond motifs is 1. The zero-order valence-corrected chi connectivity index (χ0v) is 20.1. The van der Waals surface area contributed by atoms with Crippen LogP contribution in [0.1, 0.15) is 46.2 Å². The molecule has 4 aromatic rings. The Morgan fingerprint density at radius 2 is 1.51 bits per heavy atom. The van der Waals surface area contributed by atoms with E-state index in [0.717, 1.165) is 49.2 Å². The summed E-state index contributed by atoms with van der Waals surface area (Å²) in [5, 5.41) is 1.01. The molecule has 178 valence electrons. The van der Waals surface area contributed by atoms with Gasteiger partial charge >= 0.3 is 0 Å². The third-order valence-corrected chi connectivity index (χ3v) is 8.13. The van der Waals surface area contributed by atoms with Crippen molar-refractivity contribution in [3.8, 4) is 0 Å². The second-order valence-electron chi connectivity index (χ2n) is 10.2. The minimum Gasteiger partial charge on any atom is -0.361 e. The lowest BCUT2D eigenvalue weighted by Crippen LogP contribution is -2.38. The van der Waals surface area contributed by atoms with Crippen molar-refractivity contribution in [3.63, 3.8) is 0 Å². The highest BCUT2D eigenvalue weighted by atomic mass is 16.2. The minimum absolute atomic E-state index is 0.154. The second kappa shape index (κ2) is 9.71. The Labute approximate surface area is 207 Å². The van der Waals surface area contributed by atoms with Crippen molar-refractivity contribution < 1.29 is 4.79 Å². The number of nitrogens with one attached hydrogen (secondary N) is 1. The van der Waals surface area contributed by atoms with Gasteiger partial charge in [0.15, 0.2) is 0 Å². The van der Waals surface area contributed by atoms with E-state index in [0.29, 0.717) is 17.8 Å². The van der Waals surface area contributed by atoms with E-state index in [4.69, 9.17) is 0 Å². The molecule has 4 nitrogen and oxygen atoms in total. The Balaban J connectivity index is 1.18. The lowest BCUT2D eigenvalue weighted by atomic mass is 9.86. The molecule has 2 aliphatic heterocycles. The number of carbonyl (C=O) groups excluding carboxylic acids is 1. The van der Waals surface area contributed by atoms with Gasteiger partial charge in [-0.05, 0) is 67.1 Å². The fourth-order valence-electron chi connectivity index (χ4n) is 6.25. The molecule has 1 N–H and O–H groups in total. The van der Waals surface area contributed by atoms with Crippen LogP contribution in [0.5, 0.6) is 0 Å². The Hall–Kier alpha value is -3.37. The third-order valence-electron chi connectivity index (χ3n) is 8.13. The van der Waals surface area contributed by atoms with Crippen LogP contribution < -0.4 is 0 Å². The predicted octanol–water partition coefficient (Wildman–Crippen LogP) is 5.90. The van der Waals surface area contributed by atoms with Gasteiger partial charge in [-0.2, -0.15) is 0 Å². The average Bonchev–Trinajstić information content (AvgIpc) is 3.57. The van der Waals surface area contributed by atoms with Crippen LogP contribution in [0.2, 0.25) is 0 Å². The van der Waals surface area contributed by atoms with Crippen LogP contribution in [0.15, 0.2) is 91.1 Å². The van der Waals surface area contributed by atoms with E-state index in [1.807, 2.05) is 30.5 Å². The largest absolute Gasteiger partial charge is 0.361 e. The van der Waals surface area contributed by atoms with Gasteiger partial charge in [0.1, 0.15) is 0 Å². The molecule has 2 saturated heterocycles. The summed E-state index contributed by atoms with van der Waals surface area (Å²) in [6.45, 7) is 4.92. The normalized spacial score (nSPS) is 21.5. The summed E-state index contributed by atoms with van der Waals surface area (Å²) >= 11 is 0. The number of aromatic amines is 1. The second-order valence-corrected chi connectivity index (χ2v) is 10.2. The molecule has 3 heterocycles. The number of benzene rings is 3. The number of H-pyrrole nitrogens is 1. The van der Waals surface area contributed by atoms with E-state index in [1.54, 1.807) is 0 Å². The molecule has 0 bridgehead atoms. The molecule has 4 heteroatoms. The molecule has 2 atom stereocenters. The highest BCUT2D eigenvalue weighted by molar-refractivity contribution is 6.06. The number of aromatic nitrogens is 1. The zero-order chi connectivity index (χ0) is 23.6. The molecule has 1 aromatic heterocycles. The lowest BCUT2D eigenvalue weighted by Gasteiger charge is -2.34.